The first-order valence-corrected chi connectivity index (χ1v) is 6.71. The van der Waals surface area contributed by atoms with E-state index in [1.807, 2.05) is 0 Å². The molecule has 0 atom stereocenters. The molecule has 0 saturated carbocycles. The van der Waals surface area contributed by atoms with Gasteiger partial charge in [0.15, 0.2) is 0 Å². The second-order valence-corrected chi connectivity index (χ2v) is 5.26. The molecule has 0 aliphatic carbocycles. The fourth-order valence-corrected chi connectivity index (χ4v) is 2.28. The summed E-state index contributed by atoms with van der Waals surface area (Å²) in [5, 5.41) is 0.719. The van der Waals surface area contributed by atoms with Crippen LogP contribution in [0.2, 0.25) is 10.0 Å². The van der Waals surface area contributed by atoms with Crippen LogP contribution in [0.3, 0.4) is 0 Å². The fourth-order valence-electron chi connectivity index (χ4n) is 1.97. The van der Waals surface area contributed by atoms with Gasteiger partial charge in [-0.25, -0.2) is 4.98 Å². The lowest BCUT2D eigenvalue weighted by atomic mass is 10.2. The first-order chi connectivity index (χ1) is 9.28. The van der Waals surface area contributed by atoms with E-state index < -0.39 is 12.6 Å². The predicted octanol–water partition coefficient (Wildman–Crippen LogP) is 4.66. The van der Waals surface area contributed by atoms with Crippen LogP contribution < -0.4 is 5.73 Å². The standard InChI is InChI=1S/C12H12Cl2F3N3/c13-7-5-9-10(6-8(7)14)20(11(18)19-9)4-2-1-3-12(15,16)17/h5-6H,1-4H2,(H2,18,19). The average Bonchev–Trinajstić information content (AvgIpc) is 2.60. The Labute approximate surface area is 123 Å². The molecule has 0 aliphatic rings. The van der Waals surface area contributed by atoms with Gasteiger partial charge >= 0.3 is 6.18 Å². The van der Waals surface area contributed by atoms with Crippen molar-refractivity contribution in [3.05, 3.63) is 22.2 Å². The minimum Gasteiger partial charge on any atom is -0.369 e. The van der Waals surface area contributed by atoms with Gasteiger partial charge in [0, 0.05) is 13.0 Å². The summed E-state index contributed by atoms with van der Waals surface area (Å²) in [6.07, 6.45) is -4.52. The van der Waals surface area contributed by atoms with Crippen molar-refractivity contribution in [2.24, 2.45) is 0 Å². The van der Waals surface area contributed by atoms with Crippen LogP contribution in [0.1, 0.15) is 19.3 Å². The monoisotopic (exact) mass is 325 g/mol. The number of nitrogen functional groups attached to an aromatic ring is 1. The van der Waals surface area contributed by atoms with Gasteiger partial charge in [0.1, 0.15) is 0 Å². The Morgan fingerprint density at radius 2 is 1.80 bits per heavy atom. The van der Waals surface area contributed by atoms with E-state index in [1.165, 1.54) is 0 Å². The van der Waals surface area contributed by atoms with Crippen molar-refractivity contribution in [1.82, 2.24) is 9.55 Å². The number of halogens is 5. The van der Waals surface area contributed by atoms with Crippen molar-refractivity contribution in [1.29, 1.82) is 0 Å². The third kappa shape index (κ3) is 3.49. The quantitative estimate of drug-likeness (QED) is 0.831. The first kappa shape index (κ1) is 15.3. The molecule has 2 aromatic rings. The van der Waals surface area contributed by atoms with Crippen LogP contribution in [0.25, 0.3) is 11.0 Å². The van der Waals surface area contributed by atoms with Crippen LogP contribution >= 0.6 is 23.2 Å². The zero-order chi connectivity index (χ0) is 14.9. The number of anilines is 1. The predicted molar refractivity (Wildman–Crippen MR) is 74.1 cm³/mol. The highest BCUT2D eigenvalue weighted by Gasteiger charge is 2.25. The Morgan fingerprint density at radius 1 is 1.15 bits per heavy atom. The molecule has 2 rings (SSSR count). The maximum absolute atomic E-state index is 12.1. The van der Waals surface area contributed by atoms with E-state index in [0.717, 1.165) is 0 Å². The summed E-state index contributed by atoms with van der Waals surface area (Å²) >= 11 is 11.8. The molecule has 0 bridgehead atoms. The number of fused-ring (bicyclic) bond motifs is 1. The Hall–Kier alpha value is -1.14. The van der Waals surface area contributed by atoms with Crippen LogP contribution in [-0.2, 0) is 6.54 Å². The van der Waals surface area contributed by atoms with Crippen molar-refractivity contribution in [2.75, 3.05) is 5.73 Å². The number of hydrogen-bond donors (Lipinski definition) is 1. The SMILES string of the molecule is Nc1nc2cc(Cl)c(Cl)cc2n1CCCCC(F)(F)F. The maximum atomic E-state index is 12.1. The second-order valence-electron chi connectivity index (χ2n) is 4.45. The molecule has 0 amide bonds. The number of rotatable bonds is 4. The van der Waals surface area contributed by atoms with Gasteiger partial charge < -0.3 is 10.3 Å². The number of aromatic nitrogens is 2. The Bertz CT molecular complexity index is 622. The van der Waals surface area contributed by atoms with Crippen molar-refractivity contribution in [3.8, 4) is 0 Å². The molecule has 0 spiro atoms. The summed E-state index contributed by atoms with van der Waals surface area (Å²) < 4.78 is 37.9. The number of imidazole rings is 1. The topological polar surface area (TPSA) is 43.8 Å². The molecule has 1 aromatic carbocycles. The average molecular weight is 326 g/mol. The molecule has 110 valence electrons. The molecule has 0 unspecified atom stereocenters. The number of benzene rings is 1. The van der Waals surface area contributed by atoms with Crippen molar-refractivity contribution < 1.29 is 13.2 Å². The molecule has 1 heterocycles. The van der Waals surface area contributed by atoms with Gasteiger partial charge in [0.2, 0.25) is 5.95 Å². The number of nitrogens with zero attached hydrogens (tertiary/aromatic N) is 2. The van der Waals surface area contributed by atoms with Crippen LogP contribution in [0, 0.1) is 0 Å². The zero-order valence-electron chi connectivity index (χ0n) is 10.3. The minimum atomic E-state index is -4.13. The summed E-state index contributed by atoms with van der Waals surface area (Å²) in [5.41, 5.74) is 7.01. The van der Waals surface area contributed by atoms with E-state index in [1.54, 1.807) is 16.7 Å². The lowest BCUT2D eigenvalue weighted by molar-refractivity contribution is -0.135. The fraction of sp³-hybridized carbons (Fsp3) is 0.417. The van der Waals surface area contributed by atoms with Gasteiger partial charge in [-0.3, -0.25) is 0 Å². The molecule has 3 nitrogen and oxygen atoms in total. The van der Waals surface area contributed by atoms with E-state index >= 15 is 0 Å². The molecule has 0 fully saturated rings. The summed E-state index contributed by atoms with van der Waals surface area (Å²) in [4.78, 5) is 4.12. The molecule has 8 heteroatoms. The van der Waals surface area contributed by atoms with Crippen molar-refractivity contribution >= 4 is 40.2 Å². The Kier molecular flexibility index (Phi) is 4.34. The molecule has 20 heavy (non-hydrogen) atoms. The molecular weight excluding hydrogens is 314 g/mol. The molecule has 0 radical (unpaired) electrons. The summed E-state index contributed by atoms with van der Waals surface area (Å²) in [6, 6.07) is 3.20. The minimum absolute atomic E-state index is 0.0456. The summed E-state index contributed by atoms with van der Waals surface area (Å²) in [7, 11) is 0. The Morgan fingerprint density at radius 3 is 2.45 bits per heavy atom. The van der Waals surface area contributed by atoms with Crippen LogP contribution in [0.15, 0.2) is 12.1 Å². The second kappa shape index (κ2) is 5.69. The van der Waals surface area contributed by atoms with Gasteiger partial charge in [-0.1, -0.05) is 23.2 Å². The molecule has 2 N–H and O–H groups in total. The third-order valence-electron chi connectivity index (χ3n) is 2.91. The summed E-state index contributed by atoms with van der Waals surface area (Å²) in [6.45, 7) is 0.358. The van der Waals surface area contributed by atoms with E-state index in [0.29, 0.717) is 34.0 Å². The van der Waals surface area contributed by atoms with E-state index in [2.05, 4.69) is 4.98 Å². The molecular formula is C12H12Cl2F3N3. The highest BCUT2D eigenvalue weighted by molar-refractivity contribution is 6.42. The maximum Gasteiger partial charge on any atom is 0.389 e. The van der Waals surface area contributed by atoms with E-state index in [9.17, 15) is 13.2 Å². The summed E-state index contributed by atoms with van der Waals surface area (Å²) in [5.74, 6) is 0.241. The molecule has 1 aromatic heterocycles. The number of aryl methyl sites for hydroxylation is 1. The Balaban J connectivity index is 2.14. The molecule has 0 saturated heterocycles. The lowest BCUT2D eigenvalue weighted by Gasteiger charge is -2.08. The zero-order valence-corrected chi connectivity index (χ0v) is 11.9. The first-order valence-electron chi connectivity index (χ1n) is 5.95. The van der Waals surface area contributed by atoms with Crippen molar-refractivity contribution in [2.45, 2.75) is 32.0 Å². The van der Waals surface area contributed by atoms with Crippen molar-refractivity contribution in [3.63, 3.8) is 0 Å². The lowest BCUT2D eigenvalue weighted by Crippen LogP contribution is -2.08. The van der Waals surface area contributed by atoms with E-state index in [4.69, 9.17) is 28.9 Å². The van der Waals surface area contributed by atoms with Crippen LogP contribution in [0.4, 0.5) is 19.1 Å². The molecule has 0 aliphatic heterocycles. The highest BCUT2D eigenvalue weighted by Crippen LogP contribution is 2.29. The van der Waals surface area contributed by atoms with Gasteiger partial charge in [0.05, 0.1) is 21.1 Å². The highest BCUT2D eigenvalue weighted by atomic mass is 35.5. The van der Waals surface area contributed by atoms with Gasteiger partial charge in [-0.05, 0) is 25.0 Å². The number of unbranched alkanes of at least 4 members (excludes halogenated alkanes) is 1. The number of alkyl halides is 3. The largest absolute Gasteiger partial charge is 0.389 e. The smallest absolute Gasteiger partial charge is 0.369 e. The van der Waals surface area contributed by atoms with Crippen LogP contribution in [0.5, 0.6) is 0 Å². The van der Waals surface area contributed by atoms with E-state index in [-0.39, 0.29) is 12.4 Å². The third-order valence-corrected chi connectivity index (χ3v) is 3.63. The number of nitrogens with two attached hydrogens (primary N) is 1. The normalized spacial score (nSPS) is 12.2. The van der Waals surface area contributed by atoms with Gasteiger partial charge in [0.25, 0.3) is 0 Å². The number of hydrogen-bond acceptors (Lipinski definition) is 2. The van der Waals surface area contributed by atoms with Gasteiger partial charge in [-0.2, -0.15) is 13.2 Å². The van der Waals surface area contributed by atoms with Gasteiger partial charge in [-0.15, -0.1) is 0 Å². The van der Waals surface area contributed by atoms with Crippen LogP contribution in [-0.4, -0.2) is 15.7 Å².